The zero-order valence-corrected chi connectivity index (χ0v) is 11.6. The topological polar surface area (TPSA) is 86.5 Å². The number of nitro groups is 1. The van der Waals surface area contributed by atoms with Gasteiger partial charge in [0.25, 0.3) is 5.69 Å². The summed E-state index contributed by atoms with van der Waals surface area (Å²) >= 11 is 3.22. The fourth-order valence-electron chi connectivity index (χ4n) is 1.26. The lowest BCUT2D eigenvalue weighted by Gasteiger charge is -2.15. The van der Waals surface area contributed by atoms with Gasteiger partial charge < -0.3 is 14.8 Å². The number of pyridine rings is 1. The molecule has 0 fully saturated rings. The summed E-state index contributed by atoms with van der Waals surface area (Å²) in [6.45, 7) is 0.946. The minimum absolute atomic E-state index is 0.0624. The van der Waals surface area contributed by atoms with E-state index < -0.39 is 4.92 Å². The van der Waals surface area contributed by atoms with Gasteiger partial charge in [0.15, 0.2) is 0 Å². The normalized spacial score (nSPS) is 12.2. The molecule has 1 atom stereocenters. The summed E-state index contributed by atoms with van der Waals surface area (Å²) in [4.78, 5) is 14.0. The zero-order chi connectivity index (χ0) is 13.5. The van der Waals surface area contributed by atoms with Crippen molar-refractivity contribution < 1.29 is 14.4 Å². The maximum atomic E-state index is 10.5. The Morgan fingerprint density at radius 2 is 2.33 bits per heavy atom. The quantitative estimate of drug-likeness (QED) is 0.609. The number of hydrogen-bond acceptors (Lipinski definition) is 6. The summed E-state index contributed by atoms with van der Waals surface area (Å²) < 4.78 is 10.7. The number of methoxy groups -OCH3 is 2. The van der Waals surface area contributed by atoms with Gasteiger partial charge in [0, 0.05) is 26.8 Å². The van der Waals surface area contributed by atoms with Crippen LogP contribution < -0.4 is 5.32 Å². The van der Waals surface area contributed by atoms with Crippen LogP contribution in [0.3, 0.4) is 0 Å². The van der Waals surface area contributed by atoms with Crippen molar-refractivity contribution in [2.24, 2.45) is 0 Å². The molecule has 1 rings (SSSR count). The second-order valence-corrected chi connectivity index (χ2v) is 4.33. The van der Waals surface area contributed by atoms with Gasteiger partial charge in [-0.15, -0.1) is 0 Å². The lowest BCUT2D eigenvalue weighted by Crippen LogP contribution is -2.27. The molecule has 1 N–H and O–H groups in total. The summed E-state index contributed by atoms with van der Waals surface area (Å²) in [5.41, 5.74) is -0.0624. The molecule has 1 heterocycles. The minimum atomic E-state index is -0.496. The Bertz CT molecular complexity index is 416. The van der Waals surface area contributed by atoms with Gasteiger partial charge in [0.1, 0.15) is 12.0 Å². The van der Waals surface area contributed by atoms with Crippen LogP contribution in [0.2, 0.25) is 0 Å². The average Bonchev–Trinajstić information content (AvgIpc) is 2.35. The van der Waals surface area contributed by atoms with Crippen LogP contribution >= 0.6 is 15.9 Å². The van der Waals surface area contributed by atoms with Crippen molar-refractivity contribution in [1.82, 2.24) is 4.98 Å². The first-order valence-electron chi connectivity index (χ1n) is 5.14. The van der Waals surface area contributed by atoms with Crippen molar-refractivity contribution in [3.63, 3.8) is 0 Å². The van der Waals surface area contributed by atoms with Gasteiger partial charge >= 0.3 is 0 Å². The lowest BCUT2D eigenvalue weighted by atomic mass is 10.3. The minimum Gasteiger partial charge on any atom is -0.382 e. The van der Waals surface area contributed by atoms with Crippen LogP contribution in [0.4, 0.5) is 11.5 Å². The molecule has 0 spiro atoms. The van der Waals surface area contributed by atoms with E-state index in [-0.39, 0.29) is 11.8 Å². The fourth-order valence-corrected chi connectivity index (χ4v) is 1.74. The molecule has 1 aromatic rings. The standard InChI is InChI=1S/C10H14BrN3O4/c1-17-6-8(18-2)5-13-10-9(11)3-7(4-12-10)14(15)16/h3-4,8H,5-6H2,1-2H3,(H,12,13). The average molecular weight is 320 g/mol. The molecular weight excluding hydrogens is 306 g/mol. The van der Waals surface area contributed by atoms with E-state index in [4.69, 9.17) is 9.47 Å². The Morgan fingerprint density at radius 3 is 2.83 bits per heavy atom. The Kier molecular flexibility index (Phi) is 5.96. The van der Waals surface area contributed by atoms with Crippen LogP contribution in [0, 0.1) is 10.1 Å². The number of nitrogens with zero attached hydrogens (tertiary/aromatic N) is 2. The van der Waals surface area contributed by atoms with Gasteiger partial charge in [-0.3, -0.25) is 10.1 Å². The molecule has 0 amide bonds. The van der Waals surface area contributed by atoms with Crippen molar-refractivity contribution in [2.75, 3.05) is 32.7 Å². The highest BCUT2D eigenvalue weighted by Gasteiger charge is 2.12. The maximum Gasteiger partial charge on any atom is 0.288 e. The molecule has 0 aromatic carbocycles. The molecule has 1 unspecified atom stereocenters. The van der Waals surface area contributed by atoms with Crippen molar-refractivity contribution in [3.8, 4) is 0 Å². The number of rotatable bonds is 7. The van der Waals surface area contributed by atoms with E-state index in [9.17, 15) is 10.1 Å². The molecule has 0 radical (unpaired) electrons. The highest BCUT2D eigenvalue weighted by molar-refractivity contribution is 9.10. The molecule has 100 valence electrons. The van der Waals surface area contributed by atoms with Gasteiger partial charge in [-0.1, -0.05) is 0 Å². The molecule has 8 heteroatoms. The van der Waals surface area contributed by atoms with Crippen LogP contribution in [0.15, 0.2) is 16.7 Å². The number of halogens is 1. The molecule has 0 aliphatic heterocycles. The largest absolute Gasteiger partial charge is 0.382 e. The van der Waals surface area contributed by atoms with Crippen molar-refractivity contribution >= 4 is 27.4 Å². The highest BCUT2D eigenvalue weighted by atomic mass is 79.9. The van der Waals surface area contributed by atoms with Crippen LogP contribution in [-0.4, -0.2) is 43.4 Å². The lowest BCUT2D eigenvalue weighted by molar-refractivity contribution is -0.385. The first-order valence-corrected chi connectivity index (χ1v) is 5.93. The third kappa shape index (κ3) is 4.21. The summed E-state index contributed by atoms with van der Waals surface area (Å²) in [6.07, 6.45) is 1.09. The van der Waals surface area contributed by atoms with Crippen LogP contribution in [-0.2, 0) is 9.47 Å². The van der Waals surface area contributed by atoms with E-state index in [1.54, 1.807) is 14.2 Å². The Hall–Kier alpha value is -1.25. The first-order chi connectivity index (χ1) is 8.58. The van der Waals surface area contributed by atoms with E-state index >= 15 is 0 Å². The first kappa shape index (κ1) is 14.8. The highest BCUT2D eigenvalue weighted by Crippen LogP contribution is 2.24. The molecule has 0 aliphatic carbocycles. The summed E-state index contributed by atoms with van der Waals surface area (Å²) in [7, 11) is 3.18. The number of hydrogen-bond donors (Lipinski definition) is 1. The Labute approximate surface area is 113 Å². The summed E-state index contributed by atoms with van der Waals surface area (Å²) in [6, 6.07) is 1.40. The van der Waals surface area contributed by atoms with Crippen LogP contribution in [0.25, 0.3) is 0 Å². The Balaban J connectivity index is 2.65. The second kappa shape index (κ2) is 7.24. The summed E-state index contributed by atoms with van der Waals surface area (Å²) in [5.74, 6) is 0.527. The maximum absolute atomic E-state index is 10.5. The number of aromatic nitrogens is 1. The van der Waals surface area contributed by atoms with E-state index in [1.807, 2.05) is 0 Å². The van der Waals surface area contributed by atoms with E-state index in [1.165, 1.54) is 12.3 Å². The molecular formula is C10H14BrN3O4. The van der Waals surface area contributed by atoms with Gasteiger partial charge in [0.2, 0.25) is 0 Å². The molecule has 1 aromatic heterocycles. The van der Waals surface area contributed by atoms with Crippen molar-refractivity contribution in [2.45, 2.75) is 6.10 Å². The number of ether oxygens (including phenoxy) is 2. The Morgan fingerprint density at radius 1 is 1.61 bits per heavy atom. The molecule has 7 nitrogen and oxygen atoms in total. The van der Waals surface area contributed by atoms with Gasteiger partial charge in [-0.05, 0) is 15.9 Å². The second-order valence-electron chi connectivity index (χ2n) is 3.48. The van der Waals surface area contributed by atoms with Crippen molar-refractivity contribution in [3.05, 3.63) is 26.9 Å². The predicted octanol–water partition coefficient (Wildman–Crippen LogP) is 1.83. The zero-order valence-electron chi connectivity index (χ0n) is 10.1. The van der Waals surface area contributed by atoms with Gasteiger partial charge in [-0.25, -0.2) is 4.98 Å². The molecule has 0 saturated heterocycles. The molecule has 0 bridgehead atoms. The van der Waals surface area contributed by atoms with E-state index in [0.717, 1.165) is 0 Å². The third-order valence-corrected chi connectivity index (χ3v) is 2.83. The third-order valence-electron chi connectivity index (χ3n) is 2.22. The molecule has 18 heavy (non-hydrogen) atoms. The van der Waals surface area contributed by atoms with Crippen molar-refractivity contribution in [1.29, 1.82) is 0 Å². The molecule has 0 saturated carbocycles. The van der Waals surface area contributed by atoms with E-state index in [2.05, 4.69) is 26.2 Å². The van der Waals surface area contributed by atoms with Crippen LogP contribution in [0.1, 0.15) is 0 Å². The fraction of sp³-hybridized carbons (Fsp3) is 0.500. The SMILES string of the molecule is COCC(CNc1ncc([N+](=O)[O-])cc1Br)OC. The number of anilines is 1. The number of nitrogens with one attached hydrogen (secondary N) is 1. The monoisotopic (exact) mass is 319 g/mol. The van der Waals surface area contributed by atoms with E-state index in [0.29, 0.717) is 23.4 Å². The molecule has 0 aliphatic rings. The summed E-state index contributed by atoms with van der Waals surface area (Å²) in [5, 5.41) is 13.6. The van der Waals surface area contributed by atoms with Crippen LogP contribution in [0.5, 0.6) is 0 Å². The van der Waals surface area contributed by atoms with Gasteiger partial charge in [0.05, 0.1) is 22.1 Å². The smallest absolute Gasteiger partial charge is 0.288 e. The van der Waals surface area contributed by atoms with Gasteiger partial charge in [-0.2, -0.15) is 0 Å². The predicted molar refractivity (Wildman–Crippen MR) is 69.8 cm³/mol.